The number of benzene rings is 2. The molecule has 2 atom stereocenters. The highest BCUT2D eigenvalue weighted by atomic mass is 16.2. The van der Waals surface area contributed by atoms with Crippen molar-refractivity contribution in [2.75, 3.05) is 4.90 Å². The molecule has 0 unspecified atom stereocenters. The average molecular weight is 348 g/mol. The van der Waals surface area contributed by atoms with Crippen LogP contribution in [0.3, 0.4) is 0 Å². The van der Waals surface area contributed by atoms with Gasteiger partial charge in [0.05, 0.1) is 6.04 Å². The minimum atomic E-state index is 0.0183. The van der Waals surface area contributed by atoms with E-state index in [1.165, 1.54) is 0 Å². The van der Waals surface area contributed by atoms with E-state index in [4.69, 9.17) is 0 Å². The van der Waals surface area contributed by atoms with E-state index in [0.29, 0.717) is 11.6 Å². The molecule has 0 radical (unpaired) electrons. The minimum Gasteiger partial charge on any atom is -0.333 e. The van der Waals surface area contributed by atoms with Crippen molar-refractivity contribution in [3.05, 3.63) is 65.7 Å². The lowest BCUT2D eigenvalue weighted by atomic mass is 9.89. The lowest BCUT2D eigenvalue weighted by Gasteiger charge is -2.43. The van der Waals surface area contributed by atoms with Crippen molar-refractivity contribution in [2.45, 2.75) is 51.2 Å². The van der Waals surface area contributed by atoms with E-state index in [9.17, 15) is 9.59 Å². The summed E-state index contributed by atoms with van der Waals surface area (Å²) in [6.45, 7) is 3.74. The molecule has 0 bridgehead atoms. The molecule has 4 heteroatoms. The number of carbonyl (C=O) groups excluding carboxylic acids is 2. The number of para-hydroxylation sites is 1. The van der Waals surface area contributed by atoms with Crippen LogP contribution in [0.2, 0.25) is 0 Å². The first-order valence-corrected chi connectivity index (χ1v) is 9.34. The Morgan fingerprint density at radius 1 is 1.00 bits per heavy atom. The van der Waals surface area contributed by atoms with Gasteiger partial charge >= 0.3 is 0 Å². The van der Waals surface area contributed by atoms with Gasteiger partial charge in [0.15, 0.2) is 0 Å². The van der Waals surface area contributed by atoms with Gasteiger partial charge in [-0.3, -0.25) is 9.59 Å². The number of rotatable bonds is 3. The summed E-state index contributed by atoms with van der Waals surface area (Å²) in [7, 11) is 0. The number of nitrogens with zero attached hydrogens (tertiary/aromatic N) is 2. The zero-order chi connectivity index (χ0) is 18.3. The molecule has 4 rings (SSSR count). The highest BCUT2D eigenvalue weighted by Gasteiger charge is 2.42. The van der Waals surface area contributed by atoms with Crippen molar-refractivity contribution in [1.29, 1.82) is 0 Å². The molecule has 0 aromatic heterocycles. The van der Waals surface area contributed by atoms with Gasteiger partial charge in [-0.15, -0.1) is 0 Å². The number of carbonyl (C=O) groups is 2. The molecule has 26 heavy (non-hydrogen) atoms. The topological polar surface area (TPSA) is 40.6 Å². The Bertz CT molecular complexity index is 829. The van der Waals surface area contributed by atoms with E-state index in [2.05, 4.69) is 13.0 Å². The molecule has 1 aliphatic carbocycles. The van der Waals surface area contributed by atoms with Crippen LogP contribution in [0.25, 0.3) is 0 Å². The molecule has 0 saturated heterocycles. The van der Waals surface area contributed by atoms with E-state index in [-0.39, 0.29) is 23.9 Å². The first-order chi connectivity index (χ1) is 12.6. The molecule has 1 fully saturated rings. The maximum absolute atomic E-state index is 13.2. The molecule has 134 valence electrons. The van der Waals surface area contributed by atoms with Crippen LogP contribution in [0.5, 0.6) is 0 Å². The molecular weight excluding hydrogens is 324 g/mol. The van der Waals surface area contributed by atoms with Gasteiger partial charge in [0, 0.05) is 30.3 Å². The van der Waals surface area contributed by atoms with E-state index in [1.807, 2.05) is 58.3 Å². The molecule has 2 aliphatic rings. The van der Waals surface area contributed by atoms with Gasteiger partial charge in [0.1, 0.15) is 0 Å². The van der Waals surface area contributed by atoms with Crippen molar-refractivity contribution in [3.8, 4) is 0 Å². The molecule has 0 N–H and O–H groups in total. The molecular formula is C22H24N2O2. The third kappa shape index (κ3) is 2.90. The second-order valence-electron chi connectivity index (χ2n) is 7.36. The van der Waals surface area contributed by atoms with E-state index in [1.54, 1.807) is 6.92 Å². The Hall–Kier alpha value is -2.62. The lowest BCUT2D eigenvalue weighted by Crippen LogP contribution is -2.47. The third-order valence-corrected chi connectivity index (χ3v) is 5.44. The first-order valence-electron chi connectivity index (χ1n) is 9.34. The summed E-state index contributed by atoms with van der Waals surface area (Å²) in [6.07, 6.45) is 2.93. The van der Waals surface area contributed by atoms with E-state index in [0.717, 1.165) is 30.5 Å². The van der Waals surface area contributed by atoms with Crippen LogP contribution in [0, 0.1) is 0 Å². The summed E-state index contributed by atoms with van der Waals surface area (Å²) in [5.74, 6) is 0.145. The molecule has 1 saturated carbocycles. The van der Waals surface area contributed by atoms with Gasteiger partial charge in [0.25, 0.3) is 5.91 Å². The highest BCUT2D eigenvalue weighted by molar-refractivity contribution is 6.07. The third-order valence-electron chi connectivity index (χ3n) is 5.44. The van der Waals surface area contributed by atoms with Crippen LogP contribution in [-0.2, 0) is 4.79 Å². The minimum absolute atomic E-state index is 0.0183. The Balaban J connectivity index is 1.75. The van der Waals surface area contributed by atoms with Gasteiger partial charge in [-0.2, -0.15) is 0 Å². The molecule has 4 nitrogen and oxygen atoms in total. The zero-order valence-corrected chi connectivity index (χ0v) is 15.3. The van der Waals surface area contributed by atoms with Gasteiger partial charge in [0.2, 0.25) is 5.91 Å². The normalized spacial score (nSPS) is 21.8. The van der Waals surface area contributed by atoms with Gasteiger partial charge in [-0.25, -0.2) is 0 Å². The van der Waals surface area contributed by atoms with Crippen LogP contribution >= 0.6 is 0 Å². The first kappa shape index (κ1) is 16.8. The van der Waals surface area contributed by atoms with Gasteiger partial charge < -0.3 is 9.80 Å². The van der Waals surface area contributed by atoms with Crippen molar-refractivity contribution < 1.29 is 9.59 Å². The Labute approximate surface area is 154 Å². The SMILES string of the molecule is CC(=O)N(C1CC1)[C@H]1C[C@@H](C)N(C(=O)c2ccccc2)c2ccccc21. The number of fused-ring (bicyclic) bond motifs is 1. The summed E-state index contributed by atoms with van der Waals surface area (Å²) in [4.78, 5) is 29.4. The highest BCUT2D eigenvalue weighted by Crippen LogP contribution is 2.44. The Kier molecular flexibility index (Phi) is 4.27. The fourth-order valence-corrected chi connectivity index (χ4v) is 4.16. The molecule has 2 aromatic rings. The van der Waals surface area contributed by atoms with Crippen LogP contribution in [0.15, 0.2) is 54.6 Å². The maximum atomic E-state index is 13.2. The zero-order valence-electron chi connectivity index (χ0n) is 15.3. The lowest BCUT2D eigenvalue weighted by molar-refractivity contribution is -0.132. The second kappa shape index (κ2) is 6.60. The molecule has 2 aromatic carbocycles. The number of anilines is 1. The predicted molar refractivity (Wildman–Crippen MR) is 102 cm³/mol. The van der Waals surface area contributed by atoms with Crippen molar-refractivity contribution in [3.63, 3.8) is 0 Å². The van der Waals surface area contributed by atoms with Crippen molar-refractivity contribution in [2.24, 2.45) is 0 Å². The molecule has 1 heterocycles. The van der Waals surface area contributed by atoms with Crippen LogP contribution in [0.1, 0.15) is 55.1 Å². The molecule has 0 spiro atoms. The Morgan fingerprint density at radius 3 is 2.31 bits per heavy atom. The van der Waals surface area contributed by atoms with Crippen LogP contribution in [0.4, 0.5) is 5.69 Å². The van der Waals surface area contributed by atoms with Crippen molar-refractivity contribution in [1.82, 2.24) is 4.90 Å². The summed E-state index contributed by atoms with van der Waals surface area (Å²) in [6, 6.07) is 17.9. The summed E-state index contributed by atoms with van der Waals surface area (Å²) in [5.41, 5.74) is 2.70. The predicted octanol–water partition coefficient (Wildman–Crippen LogP) is 4.18. The number of hydrogen-bond acceptors (Lipinski definition) is 2. The monoisotopic (exact) mass is 348 g/mol. The number of amides is 2. The molecule has 1 aliphatic heterocycles. The Morgan fingerprint density at radius 2 is 1.65 bits per heavy atom. The standard InChI is InChI=1S/C22H24N2O2/c1-15-14-21(24(16(2)25)18-12-13-18)19-10-6-7-11-20(19)23(15)22(26)17-8-4-3-5-9-17/h3-11,15,18,21H,12-14H2,1-2H3/t15-,21+/m1/s1. The van der Waals surface area contributed by atoms with Gasteiger partial charge in [-0.05, 0) is 49.9 Å². The fourth-order valence-electron chi connectivity index (χ4n) is 4.16. The second-order valence-corrected chi connectivity index (χ2v) is 7.36. The molecule has 2 amide bonds. The van der Waals surface area contributed by atoms with E-state index >= 15 is 0 Å². The summed E-state index contributed by atoms with van der Waals surface area (Å²) in [5, 5.41) is 0. The smallest absolute Gasteiger partial charge is 0.258 e. The summed E-state index contributed by atoms with van der Waals surface area (Å²) < 4.78 is 0. The maximum Gasteiger partial charge on any atom is 0.258 e. The quantitative estimate of drug-likeness (QED) is 0.835. The fraction of sp³-hybridized carbons (Fsp3) is 0.364. The largest absolute Gasteiger partial charge is 0.333 e. The number of hydrogen-bond donors (Lipinski definition) is 0. The van der Waals surface area contributed by atoms with Crippen LogP contribution < -0.4 is 4.90 Å². The van der Waals surface area contributed by atoms with E-state index < -0.39 is 0 Å². The van der Waals surface area contributed by atoms with Crippen molar-refractivity contribution >= 4 is 17.5 Å². The van der Waals surface area contributed by atoms with Crippen LogP contribution in [-0.4, -0.2) is 28.8 Å². The average Bonchev–Trinajstić information content (AvgIpc) is 3.47. The van der Waals surface area contributed by atoms with Gasteiger partial charge in [-0.1, -0.05) is 36.4 Å². The summed E-state index contributed by atoms with van der Waals surface area (Å²) >= 11 is 0.